The van der Waals surface area contributed by atoms with Gasteiger partial charge >= 0.3 is 0 Å². The van der Waals surface area contributed by atoms with Gasteiger partial charge in [-0.3, -0.25) is 0 Å². The lowest BCUT2D eigenvalue weighted by molar-refractivity contribution is 0.591. The summed E-state index contributed by atoms with van der Waals surface area (Å²) < 4.78 is -3.35. The van der Waals surface area contributed by atoms with Crippen molar-refractivity contribution < 1.29 is 0 Å². The Morgan fingerprint density at radius 1 is 0.929 bits per heavy atom. The maximum absolute atomic E-state index is 6.17. The van der Waals surface area contributed by atoms with Crippen LogP contribution in [0.3, 0.4) is 0 Å². The van der Waals surface area contributed by atoms with Crippen LogP contribution in [0.1, 0.15) is 13.3 Å². The topological polar surface area (TPSA) is 0 Å². The second-order valence-electron chi connectivity index (χ2n) is 2.93. The van der Waals surface area contributed by atoms with Gasteiger partial charge in [-0.25, -0.2) is 0 Å². The van der Waals surface area contributed by atoms with Crippen LogP contribution < -0.4 is 0 Å². The van der Waals surface area contributed by atoms with Gasteiger partial charge in [-0.15, -0.1) is 11.6 Å². The molecule has 0 N–H and O–H groups in total. The van der Waals surface area contributed by atoms with Crippen LogP contribution in [0.5, 0.6) is 0 Å². The average molecular weight is 337 g/mol. The van der Waals surface area contributed by atoms with Crippen LogP contribution in [0.25, 0.3) is 0 Å². The van der Waals surface area contributed by atoms with E-state index in [-0.39, 0.29) is 10.1 Å². The fourth-order valence-electron chi connectivity index (χ4n) is 1.21. The Morgan fingerprint density at radius 2 is 1.36 bits per heavy atom. The second-order valence-corrected chi connectivity index (χ2v) is 6.99. The predicted molar refractivity (Wildman–Crippen MR) is 66.5 cm³/mol. The molecule has 1 rings (SSSR count). The fourth-order valence-corrected chi connectivity index (χ4v) is 3.76. The van der Waals surface area contributed by atoms with Gasteiger partial charge in [0.25, 0.3) is 0 Å². The van der Waals surface area contributed by atoms with Crippen molar-refractivity contribution in [2.24, 2.45) is 0 Å². The maximum atomic E-state index is 6.17. The zero-order chi connectivity index (χ0) is 11.4. The summed E-state index contributed by atoms with van der Waals surface area (Å²) in [5, 5.41) is 0.0719. The SMILES string of the molecule is CCC1(Cl)C(Cl)=C(Cl)C(Cl)(Cl)C1(Cl)Cl. The molecule has 0 saturated heterocycles. The first-order chi connectivity index (χ1) is 6.13. The first-order valence-electron chi connectivity index (χ1n) is 3.63. The summed E-state index contributed by atoms with van der Waals surface area (Å²) in [6, 6.07) is 0. The van der Waals surface area contributed by atoms with Crippen molar-refractivity contribution in [3.05, 3.63) is 10.1 Å². The van der Waals surface area contributed by atoms with Crippen molar-refractivity contribution in [2.75, 3.05) is 0 Å². The van der Waals surface area contributed by atoms with Gasteiger partial charge in [0, 0.05) is 0 Å². The van der Waals surface area contributed by atoms with Crippen LogP contribution >= 0.6 is 81.2 Å². The van der Waals surface area contributed by atoms with E-state index in [4.69, 9.17) is 81.2 Å². The fraction of sp³-hybridized carbons (Fsp3) is 0.714. The highest BCUT2D eigenvalue weighted by Crippen LogP contribution is 2.66. The molecular weight excluding hydrogens is 332 g/mol. The molecule has 0 fully saturated rings. The van der Waals surface area contributed by atoms with E-state index in [0.717, 1.165) is 0 Å². The van der Waals surface area contributed by atoms with E-state index in [1.807, 2.05) is 0 Å². The summed E-state index contributed by atoms with van der Waals surface area (Å²) in [7, 11) is 0. The standard InChI is InChI=1S/C7H5Cl7/c1-2-5(10)3(8)4(9)6(11,12)7(5,13)14/h2H2,1H3. The van der Waals surface area contributed by atoms with Gasteiger partial charge in [0.05, 0.1) is 10.1 Å². The molecule has 0 aliphatic heterocycles. The van der Waals surface area contributed by atoms with Gasteiger partial charge in [0.2, 0.25) is 0 Å². The van der Waals surface area contributed by atoms with E-state index in [9.17, 15) is 0 Å². The lowest BCUT2D eigenvalue weighted by atomic mass is 10.0. The van der Waals surface area contributed by atoms with E-state index < -0.39 is 13.5 Å². The van der Waals surface area contributed by atoms with Crippen molar-refractivity contribution in [3.63, 3.8) is 0 Å². The van der Waals surface area contributed by atoms with Gasteiger partial charge < -0.3 is 0 Å². The lowest BCUT2D eigenvalue weighted by Gasteiger charge is -2.36. The van der Waals surface area contributed by atoms with Gasteiger partial charge in [-0.2, -0.15) is 0 Å². The Balaban J connectivity index is 3.40. The molecule has 0 saturated carbocycles. The van der Waals surface area contributed by atoms with Crippen LogP contribution in [0.15, 0.2) is 10.1 Å². The highest BCUT2D eigenvalue weighted by molar-refractivity contribution is 6.72. The summed E-state index contributed by atoms with van der Waals surface area (Å²) in [6.07, 6.45) is 0.359. The number of halogens is 7. The molecule has 0 spiro atoms. The Morgan fingerprint density at radius 3 is 1.50 bits per heavy atom. The highest BCUT2D eigenvalue weighted by atomic mass is 35.5. The third-order valence-corrected chi connectivity index (χ3v) is 7.04. The maximum Gasteiger partial charge on any atom is 0.189 e. The normalized spacial score (nSPS) is 35.1. The molecule has 1 unspecified atom stereocenters. The number of rotatable bonds is 1. The van der Waals surface area contributed by atoms with E-state index >= 15 is 0 Å². The largest absolute Gasteiger partial charge is 0.189 e. The van der Waals surface area contributed by atoms with Crippen LogP contribution in [0.2, 0.25) is 0 Å². The highest BCUT2D eigenvalue weighted by Gasteiger charge is 2.69. The van der Waals surface area contributed by atoms with Gasteiger partial charge in [0.1, 0.15) is 4.87 Å². The van der Waals surface area contributed by atoms with Crippen molar-refractivity contribution in [2.45, 2.75) is 26.9 Å². The summed E-state index contributed by atoms with van der Waals surface area (Å²) >= 11 is 41.8. The quantitative estimate of drug-likeness (QED) is 0.560. The Kier molecular flexibility index (Phi) is 3.86. The van der Waals surface area contributed by atoms with Crippen LogP contribution in [0, 0.1) is 0 Å². The van der Waals surface area contributed by atoms with Crippen molar-refractivity contribution in [1.82, 2.24) is 0 Å². The van der Waals surface area contributed by atoms with Gasteiger partial charge in [-0.05, 0) is 6.42 Å². The third-order valence-electron chi connectivity index (χ3n) is 2.20. The summed E-state index contributed by atoms with van der Waals surface area (Å²) in [5.74, 6) is 0. The molecule has 0 aromatic heterocycles. The second kappa shape index (κ2) is 3.91. The molecular formula is C7H5Cl7. The molecule has 1 atom stereocenters. The van der Waals surface area contributed by atoms with E-state index in [2.05, 4.69) is 0 Å². The molecule has 0 aromatic rings. The van der Waals surface area contributed by atoms with Crippen LogP contribution in [0.4, 0.5) is 0 Å². The molecule has 0 radical (unpaired) electrons. The van der Waals surface area contributed by atoms with Crippen LogP contribution in [-0.2, 0) is 0 Å². The van der Waals surface area contributed by atoms with E-state index in [1.54, 1.807) is 6.92 Å². The minimum atomic E-state index is -1.69. The molecule has 14 heavy (non-hydrogen) atoms. The van der Waals surface area contributed by atoms with Crippen molar-refractivity contribution >= 4 is 81.2 Å². The van der Waals surface area contributed by atoms with E-state index in [0.29, 0.717) is 6.42 Å². The molecule has 7 heteroatoms. The Hall–Kier alpha value is 1.77. The van der Waals surface area contributed by atoms with Crippen LogP contribution in [-0.4, -0.2) is 13.5 Å². The number of hydrogen-bond acceptors (Lipinski definition) is 0. The lowest BCUT2D eigenvalue weighted by Crippen LogP contribution is -2.47. The van der Waals surface area contributed by atoms with Crippen molar-refractivity contribution in [1.29, 1.82) is 0 Å². The Bertz CT molecular complexity index is 292. The van der Waals surface area contributed by atoms with Crippen molar-refractivity contribution in [3.8, 4) is 0 Å². The average Bonchev–Trinajstić information content (AvgIpc) is 2.19. The monoisotopic (exact) mass is 334 g/mol. The molecule has 0 bridgehead atoms. The number of alkyl halides is 5. The molecule has 0 heterocycles. The zero-order valence-corrected chi connectivity index (χ0v) is 12.1. The summed E-state index contributed by atoms with van der Waals surface area (Å²) in [6.45, 7) is 1.76. The molecule has 1 aliphatic rings. The first-order valence-corrected chi connectivity index (χ1v) is 6.28. The summed E-state index contributed by atoms with van der Waals surface area (Å²) in [5.41, 5.74) is 0. The van der Waals surface area contributed by atoms with E-state index in [1.165, 1.54) is 0 Å². The Labute approximate surface area is 117 Å². The molecule has 0 aromatic carbocycles. The number of allylic oxidation sites excluding steroid dienone is 2. The third kappa shape index (κ3) is 1.49. The minimum absolute atomic E-state index is 0.0237. The minimum Gasteiger partial charge on any atom is -0.110 e. The predicted octanol–water partition coefficient (Wildman–Crippen LogP) is 5.42. The molecule has 82 valence electrons. The molecule has 1 aliphatic carbocycles. The number of hydrogen-bond donors (Lipinski definition) is 0. The first kappa shape index (κ1) is 13.8. The molecule has 0 nitrogen and oxygen atoms in total. The summed E-state index contributed by atoms with van der Waals surface area (Å²) in [4.78, 5) is -1.25. The molecule has 0 amide bonds. The van der Waals surface area contributed by atoms with Gasteiger partial charge in [-0.1, -0.05) is 76.5 Å². The smallest absolute Gasteiger partial charge is 0.110 e. The van der Waals surface area contributed by atoms with Gasteiger partial charge in [0.15, 0.2) is 8.67 Å². The zero-order valence-electron chi connectivity index (χ0n) is 6.85.